The Labute approximate surface area is 123 Å². The molecule has 2 rings (SSSR count). The Morgan fingerprint density at radius 3 is 2.43 bits per heavy atom. The second kappa shape index (κ2) is 5.61. The summed E-state index contributed by atoms with van der Waals surface area (Å²) in [5.41, 5.74) is -0.0685. The molecule has 0 spiro atoms. The van der Waals surface area contributed by atoms with Crippen LogP contribution in [0.15, 0.2) is 18.2 Å². The molecule has 0 unspecified atom stereocenters. The van der Waals surface area contributed by atoms with Crippen LogP contribution in [0.4, 0.5) is 13.8 Å². The Bertz CT molecular complexity index is 740. The van der Waals surface area contributed by atoms with Gasteiger partial charge in [-0.2, -0.15) is 0 Å². The monoisotopic (exact) mass is 311 g/mol. The number of rotatable bonds is 3. The molecule has 1 heterocycles. The fourth-order valence-corrected chi connectivity index (χ4v) is 2.70. The summed E-state index contributed by atoms with van der Waals surface area (Å²) >= 11 is 0.830. The number of benzene rings is 1. The van der Waals surface area contributed by atoms with Gasteiger partial charge in [-0.25, -0.2) is 13.6 Å². The molecule has 0 aliphatic carbocycles. The van der Waals surface area contributed by atoms with Gasteiger partial charge in [0.15, 0.2) is 0 Å². The summed E-state index contributed by atoms with van der Waals surface area (Å²) < 4.78 is 27.4. The first-order valence-corrected chi connectivity index (χ1v) is 6.72. The van der Waals surface area contributed by atoms with Crippen LogP contribution in [0.5, 0.6) is 0 Å². The van der Waals surface area contributed by atoms with Crippen molar-refractivity contribution in [1.82, 2.24) is 0 Å². The number of aryl methyl sites for hydroxylation is 2. The Morgan fingerprint density at radius 2 is 1.86 bits per heavy atom. The van der Waals surface area contributed by atoms with Gasteiger partial charge in [-0.3, -0.25) is 4.79 Å². The van der Waals surface area contributed by atoms with Gasteiger partial charge in [0.05, 0.1) is 5.00 Å². The number of anilines is 1. The summed E-state index contributed by atoms with van der Waals surface area (Å²) in [7, 11) is 0. The first kappa shape index (κ1) is 15.1. The van der Waals surface area contributed by atoms with Crippen molar-refractivity contribution in [1.29, 1.82) is 0 Å². The lowest BCUT2D eigenvalue weighted by molar-refractivity contribution is 0.0701. The second-order valence-electron chi connectivity index (χ2n) is 4.44. The third-order valence-corrected chi connectivity index (χ3v) is 4.00. The quantitative estimate of drug-likeness (QED) is 0.910. The van der Waals surface area contributed by atoms with E-state index in [0.717, 1.165) is 17.4 Å². The molecule has 0 bridgehead atoms. The minimum atomic E-state index is -1.12. The van der Waals surface area contributed by atoms with Gasteiger partial charge in [-0.15, -0.1) is 11.3 Å². The molecule has 1 aromatic carbocycles. The lowest BCUT2D eigenvalue weighted by atomic mass is 10.1. The zero-order valence-corrected chi connectivity index (χ0v) is 12.0. The molecule has 1 amide bonds. The molecule has 1 aromatic heterocycles. The highest BCUT2D eigenvalue weighted by Crippen LogP contribution is 2.27. The first-order valence-electron chi connectivity index (χ1n) is 5.91. The second-order valence-corrected chi connectivity index (χ2v) is 5.49. The number of aromatic carboxylic acids is 1. The van der Waals surface area contributed by atoms with E-state index in [-0.39, 0.29) is 15.4 Å². The van der Waals surface area contributed by atoms with E-state index in [2.05, 4.69) is 5.32 Å². The maximum absolute atomic E-state index is 13.8. The Kier molecular flexibility index (Phi) is 4.04. The average molecular weight is 311 g/mol. The standard InChI is InChI=1S/C14H11F2NO3S/c1-6-3-4-8(15)10(11(6)16)13(18)17-9-5-7(2)12(21-9)14(19)20/h3-5H,1-2H3,(H,17,18)(H,19,20). The predicted octanol–water partition coefficient (Wildman–Crippen LogP) is 3.59. The predicted molar refractivity (Wildman–Crippen MR) is 75.1 cm³/mol. The molecule has 4 nitrogen and oxygen atoms in total. The molecule has 0 aliphatic rings. The lowest BCUT2D eigenvalue weighted by Crippen LogP contribution is -2.15. The highest BCUT2D eigenvalue weighted by Gasteiger charge is 2.21. The number of halogens is 2. The molecular weight excluding hydrogens is 300 g/mol. The molecule has 0 radical (unpaired) electrons. The van der Waals surface area contributed by atoms with Gasteiger partial charge in [0.2, 0.25) is 0 Å². The van der Waals surface area contributed by atoms with Crippen molar-refractivity contribution in [3.63, 3.8) is 0 Å². The number of hydrogen-bond acceptors (Lipinski definition) is 3. The van der Waals surface area contributed by atoms with E-state index in [1.807, 2.05) is 0 Å². The molecule has 21 heavy (non-hydrogen) atoms. The number of nitrogens with one attached hydrogen (secondary N) is 1. The molecule has 0 fully saturated rings. The van der Waals surface area contributed by atoms with E-state index < -0.39 is 29.1 Å². The third kappa shape index (κ3) is 2.92. The van der Waals surface area contributed by atoms with Crippen molar-refractivity contribution in [3.8, 4) is 0 Å². The zero-order chi connectivity index (χ0) is 15.7. The van der Waals surface area contributed by atoms with Crippen LogP contribution in [-0.4, -0.2) is 17.0 Å². The number of carbonyl (C=O) groups is 2. The van der Waals surface area contributed by atoms with E-state index in [1.54, 1.807) is 6.92 Å². The minimum absolute atomic E-state index is 0.0653. The Morgan fingerprint density at radius 1 is 1.19 bits per heavy atom. The van der Waals surface area contributed by atoms with Crippen LogP contribution in [0.2, 0.25) is 0 Å². The van der Waals surface area contributed by atoms with Crippen LogP contribution in [0.25, 0.3) is 0 Å². The van der Waals surface area contributed by atoms with Crippen molar-refractivity contribution >= 4 is 28.2 Å². The number of hydrogen-bond donors (Lipinski definition) is 2. The number of thiophene rings is 1. The van der Waals surface area contributed by atoms with Crippen molar-refractivity contribution in [2.24, 2.45) is 0 Å². The molecule has 2 aromatic rings. The van der Waals surface area contributed by atoms with Gasteiger partial charge >= 0.3 is 5.97 Å². The van der Waals surface area contributed by atoms with Crippen molar-refractivity contribution in [2.45, 2.75) is 13.8 Å². The van der Waals surface area contributed by atoms with Crippen LogP contribution >= 0.6 is 11.3 Å². The number of carbonyl (C=O) groups excluding carboxylic acids is 1. The van der Waals surface area contributed by atoms with Crippen LogP contribution in [0, 0.1) is 25.5 Å². The average Bonchev–Trinajstić information content (AvgIpc) is 2.75. The third-order valence-electron chi connectivity index (χ3n) is 2.86. The SMILES string of the molecule is Cc1cc(NC(=O)c2c(F)ccc(C)c2F)sc1C(=O)O. The first-order chi connectivity index (χ1) is 9.81. The summed E-state index contributed by atoms with van der Waals surface area (Å²) in [5, 5.41) is 11.5. The maximum Gasteiger partial charge on any atom is 0.346 e. The highest BCUT2D eigenvalue weighted by molar-refractivity contribution is 7.18. The molecule has 7 heteroatoms. The van der Waals surface area contributed by atoms with Crippen LogP contribution in [0.3, 0.4) is 0 Å². The smallest absolute Gasteiger partial charge is 0.346 e. The van der Waals surface area contributed by atoms with Crippen molar-refractivity contribution in [2.75, 3.05) is 5.32 Å². The van der Waals surface area contributed by atoms with Crippen LogP contribution < -0.4 is 5.32 Å². The van der Waals surface area contributed by atoms with E-state index >= 15 is 0 Å². The number of carboxylic acid groups (broad SMARTS) is 1. The van der Waals surface area contributed by atoms with Crippen molar-refractivity contribution < 1.29 is 23.5 Å². The van der Waals surface area contributed by atoms with E-state index in [9.17, 15) is 18.4 Å². The van der Waals surface area contributed by atoms with Crippen molar-refractivity contribution in [3.05, 3.63) is 51.4 Å². The van der Waals surface area contributed by atoms with Gasteiger partial charge in [-0.1, -0.05) is 6.07 Å². The summed E-state index contributed by atoms with van der Waals surface area (Å²) in [6, 6.07) is 3.69. The number of amides is 1. The van der Waals surface area contributed by atoms with Gasteiger partial charge in [0, 0.05) is 0 Å². The van der Waals surface area contributed by atoms with Gasteiger partial charge in [0.25, 0.3) is 5.91 Å². The molecule has 0 aliphatic heterocycles. The summed E-state index contributed by atoms with van der Waals surface area (Å²) in [4.78, 5) is 23.0. The van der Waals surface area contributed by atoms with Crippen LogP contribution in [-0.2, 0) is 0 Å². The summed E-state index contributed by atoms with van der Waals surface area (Å²) in [6.45, 7) is 2.99. The molecular formula is C14H11F2NO3S. The lowest BCUT2D eigenvalue weighted by Gasteiger charge is -2.07. The minimum Gasteiger partial charge on any atom is -0.477 e. The normalized spacial score (nSPS) is 10.5. The molecule has 0 saturated carbocycles. The Hall–Kier alpha value is -2.28. The Balaban J connectivity index is 2.33. The van der Waals surface area contributed by atoms with Crippen LogP contribution in [0.1, 0.15) is 31.2 Å². The largest absolute Gasteiger partial charge is 0.477 e. The van der Waals surface area contributed by atoms with E-state index in [0.29, 0.717) is 5.56 Å². The molecule has 110 valence electrons. The highest BCUT2D eigenvalue weighted by atomic mass is 32.1. The molecule has 2 N–H and O–H groups in total. The van der Waals surface area contributed by atoms with E-state index in [1.165, 1.54) is 19.1 Å². The zero-order valence-electron chi connectivity index (χ0n) is 11.2. The fourth-order valence-electron chi connectivity index (χ4n) is 1.80. The number of carboxylic acids is 1. The van der Waals surface area contributed by atoms with Gasteiger partial charge in [0.1, 0.15) is 22.1 Å². The summed E-state index contributed by atoms with van der Waals surface area (Å²) in [6.07, 6.45) is 0. The van der Waals surface area contributed by atoms with Gasteiger partial charge < -0.3 is 10.4 Å². The van der Waals surface area contributed by atoms with Gasteiger partial charge in [-0.05, 0) is 37.1 Å². The topological polar surface area (TPSA) is 66.4 Å². The fraction of sp³-hybridized carbons (Fsp3) is 0.143. The molecule has 0 atom stereocenters. The van der Waals surface area contributed by atoms with E-state index in [4.69, 9.17) is 5.11 Å². The maximum atomic E-state index is 13.8. The molecule has 0 saturated heterocycles. The summed E-state index contributed by atoms with van der Waals surface area (Å²) in [5.74, 6) is -3.97.